The summed E-state index contributed by atoms with van der Waals surface area (Å²) in [4.78, 5) is 11.1. The van der Waals surface area contributed by atoms with Crippen molar-refractivity contribution in [1.29, 1.82) is 0 Å². The van der Waals surface area contributed by atoms with Gasteiger partial charge in [0.15, 0.2) is 11.5 Å². The zero-order chi connectivity index (χ0) is 20.8. The lowest BCUT2D eigenvalue weighted by atomic mass is 10.1. The molecule has 0 unspecified atom stereocenters. The molecule has 2 N–H and O–H groups in total. The lowest BCUT2D eigenvalue weighted by Crippen LogP contribution is -2.04. The maximum absolute atomic E-state index is 11.1. The first-order chi connectivity index (χ1) is 14.0. The van der Waals surface area contributed by atoms with Gasteiger partial charge < -0.3 is 19.9 Å². The van der Waals surface area contributed by atoms with Crippen LogP contribution in [-0.2, 0) is 13.2 Å². The summed E-state index contributed by atoms with van der Waals surface area (Å²) in [5, 5.41) is 12.4. The Bertz CT molecular complexity index is 1010. The van der Waals surface area contributed by atoms with E-state index in [0.717, 1.165) is 24.9 Å². The Kier molecular flexibility index (Phi) is 7.38. The van der Waals surface area contributed by atoms with Crippen molar-refractivity contribution in [1.82, 2.24) is 0 Å². The molecule has 0 aliphatic heterocycles. The zero-order valence-electron chi connectivity index (χ0n) is 15.6. The van der Waals surface area contributed by atoms with Gasteiger partial charge in [-0.2, -0.15) is 0 Å². The van der Waals surface area contributed by atoms with E-state index in [1.54, 1.807) is 25.3 Å². The average Bonchev–Trinajstić information content (AvgIpc) is 2.72. The second-order valence-corrected chi connectivity index (χ2v) is 8.34. The van der Waals surface area contributed by atoms with Crippen LogP contribution in [0.15, 0.2) is 65.1 Å². The van der Waals surface area contributed by atoms with Crippen molar-refractivity contribution in [2.45, 2.75) is 13.2 Å². The van der Waals surface area contributed by atoms with E-state index in [1.807, 2.05) is 42.5 Å². The number of ether oxygens (including phenoxy) is 2. The molecular weight excluding hydrogens is 549 g/mol. The minimum Gasteiger partial charge on any atom is -0.493 e. The molecule has 29 heavy (non-hydrogen) atoms. The Balaban J connectivity index is 1.71. The van der Waals surface area contributed by atoms with E-state index < -0.39 is 5.97 Å². The highest BCUT2D eigenvalue weighted by atomic mass is 127. The lowest BCUT2D eigenvalue weighted by Gasteiger charge is -2.15. The molecule has 0 amide bonds. The molecule has 0 saturated carbocycles. The number of aromatic carboxylic acids is 1. The molecule has 0 aliphatic carbocycles. The fourth-order valence-corrected chi connectivity index (χ4v) is 3.80. The molecule has 0 heterocycles. The van der Waals surface area contributed by atoms with Crippen LogP contribution in [0.5, 0.6) is 11.5 Å². The van der Waals surface area contributed by atoms with Crippen molar-refractivity contribution in [3.05, 3.63) is 85.4 Å². The topological polar surface area (TPSA) is 67.8 Å². The Labute approximate surface area is 191 Å². The van der Waals surface area contributed by atoms with Crippen LogP contribution in [0.4, 0.5) is 5.69 Å². The van der Waals surface area contributed by atoms with Crippen molar-refractivity contribution >= 4 is 50.2 Å². The normalized spacial score (nSPS) is 10.4. The molecule has 150 valence electrons. The van der Waals surface area contributed by atoms with Gasteiger partial charge in [0.25, 0.3) is 0 Å². The summed E-state index contributed by atoms with van der Waals surface area (Å²) in [6.07, 6.45) is 0. The highest BCUT2D eigenvalue weighted by Crippen LogP contribution is 2.35. The molecular formula is C22H19BrINO4. The molecule has 5 nitrogen and oxygen atoms in total. The Morgan fingerprint density at radius 3 is 2.55 bits per heavy atom. The van der Waals surface area contributed by atoms with Gasteiger partial charge in [-0.3, -0.25) is 0 Å². The molecule has 0 atom stereocenters. The van der Waals surface area contributed by atoms with Gasteiger partial charge in [-0.25, -0.2) is 4.79 Å². The van der Waals surface area contributed by atoms with E-state index in [0.29, 0.717) is 24.7 Å². The minimum atomic E-state index is -0.947. The minimum absolute atomic E-state index is 0.249. The Morgan fingerprint density at radius 2 is 1.86 bits per heavy atom. The number of methoxy groups -OCH3 is 1. The van der Waals surface area contributed by atoms with Crippen LogP contribution in [0.3, 0.4) is 0 Å². The Hall–Kier alpha value is -2.26. The summed E-state index contributed by atoms with van der Waals surface area (Å²) in [5.41, 5.74) is 3.06. The summed E-state index contributed by atoms with van der Waals surface area (Å²) in [6, 6.07) is 18.7. The number of benzene rings is 3. The maximum Gasteiger partial charge on any atom is 0.335 e. The lowest BCUT2D eigenvalue weighted by molar-refractivity contribution is 0.0697. The van der Waals surface area contributed by atoms with Crippen LogP contribution in [0.2, 0.25) is 0 Å². The highest BCUT2D eigenvalue weighted by Gasteiger charge is 2.12. The summed E-state index contributed by atoms with van der Waals surface area (Å²) < 4.78 is 13.5. The smallest absolute Gasteiger partial charge is 0.335 e. The SMILES string of the molecule is COc1cc(CNc2cccc(C(=O)O)c2)cc(I)c1OCc1ccc(Br)cc1. The third-order valence-electron chi connectivity index (χ3n) is 4.19. The fourth-order valence-electron chi connectivity index (χ4n) is 2.72. The molecule has 3 aromatic rings. The predicted octanol–water partition coefficient (Wildman–Crippen LogP) is 5.95. The van der Waals surface area contributed by atoms with Gasteiger partial charge in [0.1, 0.15) is 6.61 Å². The first kappa shape index (κ1) is 21.4. The van der Waals surface area contributed by atoms with E-state index in [-0.39, 0.29) is 5.56 Å². The van der Waals surface area contributed by atoms with Gasteiger partial charge in [0, 0.05) is 16.7 Å². The fraction of sp³-hybridized carbons (Fsp3) is 0.136. The third kappa shape index (κ3) is 5.86. The van der Waals surface area contributed by atoms with Crippen molar-refractivity contribution in [3.8, 4) is 11.5 Å². The van der Waals surface area contributed by atoms with Crippen LogP contribution >= 0.6 is 38.5 Å². The average molecular weight is 568 g/mol. The van der Waals surface area contributed by atoms with Gasteiger partial charge in [0.05, 0.1) is 16.2 Å². The van der Waals surface area contributed by atoms with E-state index in [4.69, 9.17) is 14.6 Å². The van der Waals surface area contributed by atoms with Crippen molar-refractivity contribution < 1.29 is 19.4 Å². The molecule has 7 heteroatoms. The van der Waals surface area contributed by atoms with E-state index in [2.05, 4.69) is 43.8 Å². The second-order valence-electron chi connectivity index (χ2n) is 6.26. The molecule has 0 bridgehead atoms. The molecule has 0 fully saturated rings. The largest absolute Gasteiger partial charge is 0.493 e. The number of rotatable bonds is 8. The maximum atomic E-state index is 11.1. The van der Waals surface area contributed by atoms with Crippen LogP contribution in [0.25, 0.3) is 0 Å². The number of carboxylic acid groups (broad SMARTS) is 1. The van der Waals surface area contributed by atoms with Gasteiger partial charge in [-0.15, -0.1) is 0 Å². The standard InChI is InChI=1S/C22H19BrINO4/c1-28-20-10-15(12-25-18-4-2-3-16(11-18)22(26)27)9-19(24)21(20)29-13-14-5-7-17(23)8-6-14/h2-11,25H,12-13H2,1H3,(H,26,27). The number of hydrogen-bond donors (Lipinski definition) is 2. The summed E-state index contributed by atoms with van der Waals surface area (Å²) in [6.45, 7) is 0.974. The first-order valence-electron chi connectivity index (χ1n) is 8.77. The summed E-state index contributed by atoms with van der Waals surface area (Å²) in [5.74, 6) is 0.412. The molecule has 0 radical (unpaired) electrons. The van der Waals surface area contributed by atoms with Crippen molar-refractivity contribution in [2.75, 3.05) is 12.4 Å². The van der Waals surface area contributed by atoms with Crippen molar-refractivity contribution in [2.24, 2.45) is 0 Å². The Morgan fingerprint density at radius 1 is 1.10 bits per heavy atom. The number of carbonyl (C=O) groups is 1. The van der Waals surface area contributed by atoms with Crippen LogP contribution in [-0.4, -0.2) is 18.2 Å². The van der Waals surface area contributed by atoms with E-state index >= 15 is 0 Å². The molecule has 0 saturated heterocycles. The quantitative estimate of drug-likeness (QED) is 0.329. The monoisotopic (exact) mass is 567 g/mol. The third-order valence-corrected chi connectivity index (χ3v) is 5.52. The van der Waals surface area contributed by atoms with Gasteiger partial charge >= 0.3 is 5.97 Å². The van der Waals surface area contributed by atoms with Gasteiger partial charge in [-0.05, 0) is 76.2 Å². The molecule has 3 rings (SSSR count). The first-order valence-corrected chi connectivity index (χ1v) is 10.6. The molecule has 0 aromatic heterocycles. The number of anilines is 1. The highest BCUT2D eigenvalue weighted by molar-refractivity contribution is 14.1. The van der Waals surface area contributed by atoms with Crippen LogP contribution in [0, 0.1) is 3.57 Å². The van der Waals surface area contributed by atoms with E-state index in [1.165, 1.54) is 0 Å². The number of hydrogen-bond acceptors (Lipinski definition) is 4. The number of nitrogens with one attached hydrogen (secondary N) is 1. The van der Waals surface area contributed by atoms with Crippen LogP contribution in [0.1, 0.15) is 21.5 Å². The van der Waals surface area contributed by atoms with Crippen LogP contribution < -0.4 is 14.8 Å². The second kappa shape index (κ2) is 9.98. The summed E-state index contributed by atoms with van der Waals surface area (Å²) >= 11 is 5.66. The molecule has 0 aliphatic rings. The van der Waals surface area contributed by atoms with Gasteiger partial charge in [-0.1, -0.05) is 34.1 Å². The van der Waals surface area contributed by atoms with E-state index in [9.17, 15) is 4.79 Å². The predicted molar refractivity (Wildman–Crippen MR) is 125 cm³/mol. The van der Waals surface area contributed by atoms with Crippen molar-refractivity contribution in [3.63, 3.8) is 0 Å². The molecule has 3 aromatic carbocycles. The molecule has 0 spiro atoms. The summed E-state index contributed by atoms with van der Waals surface area (Å²) in [7, 11) is 1.62. The zero-order valence-corrected chi connectivity index (χ0v) is 19.4. The number of halogens is 2. The van der Waals surface area contributed by atoms with Gasteiger partial charge in [0.2, 0.25) is 0 Å². The number of carboxylic acids is 1.